The normalized spacial score (nSPS) is 11.0. The molecule has 21 heavy (non-hydrogen) atoms. The lowest BCUT2D eigenvalue weighted by atomic mass is 10.4. The lowest BCUT2D eigenvalue weighted by Gasteiger charge is -2.10. The van der Waals surface area contributed by atoms with Gasteiger partial charge in [0, 0.05) is 25.2 Å². The highest BCUT2D eigenvalue weighted by Crippen LogP contribution is 2.19. The number of rotatable bonds is 5. The number of nitrogens with zero attached hydrogens (tertiary/aromatic N) is 2. The molecule has 0 saturated heterocycles. The van der Waals surface area contributed by atoms with Crippen LogP contribution in [0, 0.1) is 0 Å². The first-order valence-electron chi connectivity index (χ1n) is 5.97. The van der Waals surface area contributed by atoms with Crippen molar-refractivity contribution in [3.05, 3.63) is 35.4 Å². The lowest BCUT2D eigenvalue weighted by Crippen LogP contribution is -2.15. The van der Waals surface area contributed by atoms with Crippen molar-refractivity contribution in [3.8, 4) is 0 Å². The average Bonchev–Trinajstić information content (AvgIpc) is 2.46. The fourth-order valence-corrected chi connectivity index (χ4v) is 2.67. The van der Waals surface area contributed by atoms with Crippen LogP contribution in [0.4, 0.5) is 17.6 Å². The van der Waals surface area contributed by atoms with Gasteiger partial charge in [-0.3, -0.25) is 4.72 Å². The van der Waals surface area contributed by atoms with Crippen LogP contribution in [0.1, 0.15) is 0 Å². The van der Waals surface area contributed by atoms with Crippen LogP contribution in [0.5, 0.6) is 0 Å². The maximum atomic E-state index is 12.3. The fraction of sp³-hybridized carbons (Fsp3) is 0.167. The van der Waals surface area contributed by atoms with Gasteiger partial charge in [0.1, 0.15) is 11.6 Å². The summed E-state index contributed by atoms with van der Waals surface area (Å²) in [6, 6.07) is 7.35. The maximum absolute atomic E-state index is 12.3. The van der Waals surface area contributed by atoms with Crippen LogP contribution < -0.4 is 15.4 Å². The second-order valence-electron chi connectivity index (χ2n) is 4.02. The molecule has 0 aliphatic carbocycles. The topological polar surface area (TPSA) is 96.0 Å². The Morgan fingerprint density at radius 3 is 2.19 bits per heavy atom. The average molecular weight is 328 g/mol. The van der Waals surface area contributed by atoms with Crippen LogP contribution in [-0.4, -0.2) is 32.5 Å². The van der Waals surface area contributed by atoms with E-state index in [1.165, 1.54) is 30.3 Å². The molecule has 112 valence electrons. The summed E-state index contributed by atoms with van der Waals surface area (Å²) in [6.45, 7) is 0. The molecule has 1 aromatic carbocycles. The molecule has 0 radical (unpaired) electrons. The van der Waals surface area contributed by atoms with Crippen LogP contribution in [-0.2, 0) is 10.0 Å². The maximum Gasteiger partial charge on any atom is 0.263 e. The quantitative estimate of drug-likeness (QED) is 0.777. The zero-order valence-electron chi connectivity index (χ0n) is 11.4. The van der Waals surface area contributed by atoms with Crippen molar-refractivity contribution in [3.63, 3.8) is 0 Å². The van der Waals surface area contributed by atoms with Gasteiger partial charge < -0.3 is 10.6 Å². The van der Waals surface area contributed by atoms with Crippen molar-refractivity contribution in [2.75, 3.05) is 29.5 Å². The summed E-state index contributed by atoms with van der Waals surface area (Å²) in [5.74, 6) is 0.951. The van der Waals surface area contributed by atoms with E-state index in [1.807, 2.05) is 0 Å². The van der Waals surface area contributed by atoms with Crippen molar-refractivity contribution in [2.45, 2.75) is 4.90 Å². The zero-order chi connectivity index (χ0) is 15.5. The molecule has 0 spiro atoms. The van der Waals surface area contributed by atoms with Crippen LogP contribution in [0.25, 0.3) is 0 Å². The molecule has 2 rings (SSSR count). The van der Waals surface area contributed by atoms with Crippen molar-refractivity contribution in [1.82, 2.24) is 9.97 Å². The second kappa shape index (κ2) is 6.15. The van der Waals surface area contributed by atoms with Crippen molar-refractivity contribution < 1.29 is 8.42 Å². The Morgan fingerprint density at radius 2 is 1.62 bits per heavy atom. The summed E-state index contributed by atoms with van der Waals surface area (Å²) < 4.78 is 26.9. The van der Waals surface area contributed by atoms with E-state index < -0.39 is 10.0 Å². The Kier molecular flexibility index (Phi) is 4.49. The van der Waals surface area contributed by atoms with Crippen LogP contribution in [0.3, 0.4) is 0 Å². The molecule has 9 heteroatoms. The Labute approximate surface area is 127 Å². The van der Waals surface area contributed by atoms with E-state index in [1.54, 1.807) is 14.1 Å². The number of hydrogen-bond donors (Lipinski definition) is 3. The van der Waals surface area contributed by atoms with Gasteiger partial charge in [0.25, 0.3) is 10.0 Å². The number of benzene rings is 1. The minimum Gasteiger partial charge on any atom is -0.373 e. The number of halogens is 1. The highest BCUT2D eigenvalue weighted by molar-refractivity contribution is 7.92. The van der Waals surface area contributed by atoms with Gasteiger partial charge in [-0.2, -0.15) is 9.97 Å². The molecule has 3 N–H and O–H groups in total. The van der Waals surface area contributed by atoms with E-state index in [0.717, 1.165) is 0 Å². The van der Waals surface area contributed by atoms with Crippen molar-refractivity contribution in [2.24, 2.45) is 0 Å². The highest BCUT2D eigenvalue weighted by Gasteiger charge is 2.15. The standard InChI is InChI=1S/C12H14ClN5O2S/c1-14-10-7-11(17-12(15-2)16-10)18-21(19,20)9-5-3-8(13)4-6-9/h3-7H,1-2H3,(H3,14,15,16,17,18). The highest BCUT2D eigenvalue weighted by atomic mass is 35.5. The fourth-order valence-electron chi connectivity index (χ4n) is 1.55. The Morgan fingerprint density at radius 1 is 1.00 bits per heavy atom. The molecule has 0 atom stereocenters. The third kappa shape index (κ3) is 3.73. The molecule has 0 aliphatic rings. The molecular formula is C12H14ClN5O2S. The van der Waals surface area contributed by atoms with Gasteiger partial charge in [-0.15, -0.1) is 0 Å². The van der Waals surface area contributed by atoms with Gasteiger partial charge in [0.2, 0.25) is 5.95 Å². The molecular weight excluding hydrogens is 314 g/mol. The third-order valence-electron chi connectivity index (χ3n) is 2.57. The molecule has 0 amide bonds. The number of aromatic nitrogens is 2. The first kappa shape index (κ1) is 15.3. The summed E-state index contributed by atoms with van der Waals surface area (Å²) in [5, 5.41) is 6.06. The van der Waals surface area contributed by atoms with Gasteiger partial charge in [-0.25, -0.2) is 8.42 Å². The first-order chi connectivity index (χ1) is 9.94. The summed E-state index contributed by atoms with van der Waals surface area (Å²) in [6.07, 6.45) is 0. The number of sulfonamides is 1. The summed E-state index contributed by atoms with van der Waals surface area (Å²) >= 11 is 5.75. The van der Waals surface area contributed by atoms with E-state index in [2.05, 4.69) is 25.3 Å². The van der Waals surface area contributed by atoms with E-state index in [-0.39, 0.29) is 10.7 Å². The predicted octanol–water partition coefficient (Wildman–Crippen LogP) is 2.01. The van der Waals surface area contributed by atoms with Gasteiger partial charge in [-0.1, -0.05) is 11.6 Å². The Bertz CT molecular complexity index is 712. The van der Waals surface area contributed by atoms with E-state index in [4.69, 9.17) is 11.6 Å². The SMILES string of the molecule is CNc1cc(NS(=O)(=O)c2ccc(Cl)cc2)nc(NC)n1. The molecule has 0 saturated carbocycles. The Balaban J connectivity index is 2.34. The predicted molar refractivity (Wildman–Crippen MR) is 83.4 cm³/mol. The van der Waals surface area contributed by atoms with Gasteiger partial charge in [0.05, 0.1) is 4.90 Å². The number of nitrogens with one attached hydrogen (secondary N) is 3. The van der Waals surface area contributed by atoms with Gasteiger partial charge >= 0.3 is 0 Å². The molecule has 2 aromatic rings. The summed E-state index contributed by atoms with van der Waals surface area (Å²) in [4.78, 5) is 8.25. The van der Waals surface area contributed by atoms with Crippen molar-refractivity contribution >= 4 is 39.2 Å². The zero-order valence-corrected chi connectivity index (χ0v) is 13.0. The second-order valence-corrected chi connectivity index (χ2v) is 6.14. The minimum atomic E-state index is -3.73. The van der Waals surface area contributed by atoms with Crippen LogP contribution >= 0.6 is 11.6 Å². The summed E-state index contributed by atoms with van der Waals surface area (Å²) in [7, 11) is -0.410. The molecule has 1 aromatic heterocycles. The molecule has 0 bridgehead atoms. The summed E-state index contributed by atoms with van der Waals surface area (Å²) in [5.41, 5.74) is 0. The number of anilines is 3. The van der Waals surface area contributed by atoms with Crippen molar-refractivity contribution in [1.29, 1.82) is 0 Å². The monoisotopic (exact) mass is 327 g/mol. The molecule has 0 fully saturated rings. The van der Waals surface area contributed by atoms with E-state index in [0.29, 0.717) is 16.8 Å². The van der Waals surface area contributed by atoms with Gasteiger partial charge in [0.15, 0.2) is 0 Å². The largest absolute Gasteiger partial charge is 0.373 e. The smallest absolute Gasteiger partial charge is 0.263 e. The molecule has 0 aliphatic heterocycles. The molecule has 0 unspecified atom stereocenters. The minimum absolute atomic E-state index is 0.0996. The van der Waals surface area contributed by atoms with Crippen LogP contribution in [0.2, 0.25) is 5.02 Å². The van der Waals surface area contributed by atoms with Crippen LogP contribution in [0.15, 0.2) is 35.2 Å². The van der Waals surface area contributed by atoms with E-state index >= 15 is 0 Å². The Hall–Kier alpha value is -2.06. The van der Waals surface area contributed by atoms with Gasteiger partial charge in [-0.05, 0) is 24.3 Å². The van der Waals surface area contributed by atoms with E-state index in [9.17, 15) is 8.42 Å². The molecule has 7 nitrogen and oxygen atoms in total. The third-order valence-corrected chi connectivity index (χ3v) is 4.19. The first-order valence-corrected chi connectivity index (χ1v) is 7.83. The lowest BCUT2D eigenvalue weighted by molar-refractivity contribution is 0.601. The number of hydrogen-bond acceptors (Lipinski definition) is 6. The molecule has 1 heterocycles.